The highest BCUT2D eigenvalue weighted by Gasteiger charge is 2.29. The molecule has 0 aliphatic carbocycles. The molecule has 1 fully saturated rings. The van der Waals surface area contributed by atoms with Crippen LogP contribution in [0.4, 0.5) is 11.5 Å². The maximum atomic E-state index is 10.9. The van der Waals surface area contributed by atoms with E-state index in [1.807, 2.05) is 23.0 Å². The molecule has 2 aliphatic heterocycles. The van der Waals surface area contributed by atoms with E-state index in [0.717, 1.165) is 42.9 Å². The summed E-state index contributed by atoms with van der Waals surface area (Å²) in [5, 5.41) is 20.2. The standard InChI is InChI=1S/C18H21N7O2S/c1-13-20-17-10-19-12-25(17)28(13)18(26)16-11-24(22-21-16)15-4-2-14(3-5-15)23-6-8-27-9-7-23/h2-5,10-12,18,26,28H,6-9H2,1H3. The number of fused-ring (bicyclic) bond motifs is 1. The second-order valence-electron chi connectivity index (χ2n) is 6.68. The van der Waals surface area contributed by atoms with Gasteiger partial charge in [0.05, 0.1) is 36.3 Å². The number of rotatable bonds is 4. The maximum Gasteiger partial charge on any atom is 0.162 e. The van der Waals surface area contributed by atoms with Crippen LogP contribution in [-0.2, 0) is 4.74 Å². The predicted molar refractivity (Wildman–Crippen MR) is 109 cm³/mol. The van der Waals surface area contributed by atoms with Crippen molar-refractivity contribution >= 4 is 27.6 Å². The van der Waals surface area contributed by atoms with E-state index in [9.17, 15) is 5.11 Å². The molecule has 2 atom stereocenters. The van der Waals surface area contributed by atoms with Crippen molar-refractivity contribution in [1.29, 1.82) is 0 Å². The first-order valence-electron chi connectivity index (χ1n) is 9.11. The van der Waals surface area contributed by atoms with Crippen molar-refractivity contribution in [2.24, 2.45) is 4.99 Å². The molecule has 146 valence electrons. The number of anilines is 1. The van der Waals surface area contributed by atoms with Gasteiger partial charge in [-0.3, -0.25) is 3.97 Å². The molecule has 9 nitrogen and oxygen atoms in total. The van der Waals surface area contributed by atoms with Gasteiger partial charge >= 0.3 is 0 Å². The number of benzene rings is 1. The Balaban J connectivity index is 1.35. The number of nitrogens with zero attached hydrogens (tertiary/aromatic N) is 7. The minimum absolute atomic E-state index is 0.527. The summed E-state index contributed by atoms with van der Waals surface area (Å²) in [6, 6.07) is 8.18. The van der Waals surface area contributed by atoms with Crippen LogP contribution in [-0.4, -0.2) is 60.4 Å². The van der Waals surface area contributed by atoms with Crippen molar-refractivity contribution in [3.8, 4) is 5.69 Å². The van der Waals surface area contributed by atoms with Gasteiger partial charge < -0.3 is 14.7 Å². The fourth-order valence-electron chi connectivity index (χ4n) is 3.48. The third-order valence-electron chi connectivity index (χ3n) is 4.94. The Hall–Kier alpha value is -2.69. The first-order valence-corrected chi connectivity index (χ1v) is 10.5. The lowest BCUT2D eigenvalue weighted by molar-refractivity contribution is 0.122. The van der Waals surface area contributed by atoms with E-state index in [1.165, 1.54) is 5.69 Å². The minimum atomic E-state index is -1.07. The molecule has 0 radical (unpaired) electrons. The van der Waals surface area contributed by atoms with Crippen molar-refractivity contribution in [1.82, 2.24) is 24.0 Å². The van der Waals surface area contributed by atoms with E-state index in [0.29, 0.717) is 5.69 Å². The molecule has 1 saturated heterocycles. The number of aliphatic imine (C=N–C) groups is 1. The molecule has 0 bridgehead atoms. The van der Waals surface area contributed by atoms with E-state index in [2.05, 4.69) is 37.3 Å². The van der Waals surface area contributed by atoms with Gasteiger partial charge in [0, 0.05) is 18.8 Å². The van der Waals surface area contributed by atoms with Crippen molar-refractivity contribution < 1.29 is 9.84 Å². The molecular formula is C18H21N7O2S. The van der Waals surface area contributed by atoms with Crippen LogP contribution in [0.25, 0.3) is 5.69 Å². The lowest BCUT2D eigenvalue weighted by atomic mass is 10.2. The van der Waals surface area contributed by atoms with E-state index in [4.69, 9.17) is 4.74 Å². The molecule has 1 N–H and O–H groups in total. The molecule has 10 heteroatoms. The molecule has 2 aromatic heterocycles. The minimum Gasteiger partial charge on any atom is -0.378 e. The van der Waals surface area contributed by atoms with Gasteiger partial charge in [0.25, 0.3) is 0 Å². The van der Waals surface area contributed by atoms with Crippen molar-refractivity contribution in [2.45, 2.75) is 12.4 Å². The lowest BCUT2D eigenvalue weighted by Gasteiger charge is -2.28. The van der Waals surface area contributed by atoms with Crippen molar-refractivity contribution in [3.63, 3.8) is 0 Å². The summed E-state index contributed by atoms with van der Waals surface area (Å²) in [5.74, 6) is 0.772. The van der Waals surface area contributed by atoms with Crippen LogP contribution < -0.4 is 4.90 Å². The zero-order valence-corrected chi connectivity index (χ0v) is 16.3. The van der Waals surface area contributed by atoms with Crippen LogP contribution in [0.3, 0.4) is 0 Å². The highest BCUT2D eigenvalue weighted by Crippen LogP contribution is 2.49. The highest BCUT2D eigenvalue weighted by molar-refractivity contribution is 8.29. The Kier molecular flexibility index (Phi) is 4.38. The highest BCUT2D eigenvalue weighted by atomic mass is 32.2. The maximum absolute atomic E-state index is 10.9. The van der Waals surface area contributed by atoms with Crippen LogP contribution in [0.1, 0.15) is 18.1 Å². The third kappa shape index (κ3) is 2.99. The number of hydrogen-bond donors (Lipinski definition) is 2. The molecule has 5 rings (SSSR count). The fourth-order valence-corrected chi connectivity index (χ4v) is 5.44. The number of aliphatic hydroxyl groups is 1. The molecule has 0 amide bonds. The molecular weight excluding hydrogens is 378 g/mol. The quantitative estimate of drug-likeness (QED) is 0.650. The summed E-state index contributed by atoms with van der Waals surface area (Å²) in [4.78, 5) is 10.9. The number of hydrogen-bond acceptors (Lipinski definition) is 7. The van der Waals surface area contributed by atoms with E-state index in [-0.39, 0.29) is 0 Å². The first-order chi connectivity index (χ1) is 13.7. The van der Waals surface area contributed by atoms with Crippen LogP contribution in [0.15, 0.2) is 48.0 Å². The SMILES string of the molecule is CC1=Nc2cncn2[SH]1C(O)c1cn(-c2ccc(N3CCOCC3)cc2)nn1. The Morgan fingerprint density at radius 2 is 1.89 bits per heavy atom. The summed E-state index contributed by atoms with van der Waals surface area (Å²) < 4.78 is 9.02. The zero-order chi connectivity index (χ0) is 19.1. The number of thiol groups is 1. The van der Waals surface area contributed by atoms with Crippen LogP contribution >= 0.6 is 11.1 Å². The van der Waals surface area contributed by atoms with Crippen molar-refractivity contribution in [2.75, 3.05) is 31.2 Å². The molecule has 0 spiro atoms. The van der Waals surface area contributed by atoms with Gasteiger partial charge in [-0.15, -0.1) is 5.10 Å². The van der Waals surface area contributed by atoms with E-state index >= 15 is 0 Å². The molecule has 3 aromatic rings. The van der Waals surface area contributed by atoms with Crippen molar-refractivity contribution in [3.05, 3.63) is 48.7 Å². The Bertz CT molecular complexity index is 1010. The lowest BCUT2D eigenvalue weighted by Crippen LogP contribution is -2.36. The molecule has 1 aromatic carbocycles. The first kappa shape index (κ1) is 17.4. The second-order valence-corrected chi connectivity index (χ2v) is 8.93. The number of aliphatic hydroxyl groups excluding tert-OH is 1. The monoisotopic (exact) mass is 399 g/mol. The largest absolute Gasteiger partial charge is 0.378 e. The van der Waals surface area contributed by atoms with Gasteiger partial charge in [0.1, 0.15) is 17.5 Å². The van der Waals surface area contributed by atoms with Gasteiger partial charge in [-0.05, 0) is 31.2 Å². The number of imidazole rings is 1. The Morgan fingerprint density at radius 3 is 2.68 bits per heavy atom. The average molecular weight is 399 g/mol. The zero-order valence-electron chi connectivity index (χ0n) is 15.4. The van der Waals surface area contributed by atoms with Gasteiger partial charge in [0.2, 0.25) is 0 Å². The summed E-state index contributed by atoms with van der Waals surface area (Å²) in [6.45, 7) is 5.25. The molecule has 0 saturated carbocycles. The molecule has 28 heavy (non-hydrogen) atoms. The summed E-state index contributed by atoms with van der Waals surface area (Å²) >= 11 is -1.07. The second kappa shape index (κ2) is 7.04. The fraction of sp³-hybridized carbons (Fsp3) is 0.333. The third-order valence-corrected chi connectivity index (χ3v) is 7.20. The van der Waals surface area contributed by atoms with Gasteiger partial charge in [-0.2, -0.15) is 0 Å². The van der Waals surface area contributed by atoms with Crippen LogP contribution in [0.5, 0.6) is 0 Å². The van der Waals surface area contributed by atoms with Gasteiger partial charge in [0.15, 0.2) is 5.82 Å². The summed E-state index contributed by atoms with van der Waals surface area (Å²) in [7, 11) is 0. The normalized spacial score (nSPS) is 21.4. The number of aromatic nitrogens is 5. The number of morpholine rings is 1. The van der Waals surface area contributed by atoms with Crippen LogP contribution in [0.2, 0.25) is 0 Å². The summed E-state index contributed by atoms with van der Waals surface area (Å²) in [5.41, 5.74) is 1.81. The number of ether oxygens (including phenoxy) is 1. The molecule has 4 heterocycles. The van der Waals surface area contributed by atoms with E-state index < -0.39 is 16.5 Å². The van der Waals surface area contributed by atoms with E-state index in [1.54, 1.807) is 23.4 Å². The molecule has 2 aliphatic rings. The van der Waals surface area contributed by atoms with Gasteiger partial charge in [-0.1, -0.05) is 16.3 Å². The summed E-state index contributed by atoms with van der Waals surface area (Å²) in [6.07, 6.45) is 5.18. The smallest absolute Gasteiger partial charge is 0.162 e. The topological polar surface area (TPSA) is 93.6 Å². The van der Waals surface area contributed by atoms with Gasteiger partial charge in [-0.25, -0.2) is 14.7 Å². The Labute approximate surface area is 164 Å². The average Bonchev–Trinajstić information content (AvgIpc) is 3.44. The van der Waals surface area contributed by atoms with Crippen LogP contribution in [0, 0.1) is 0 Å². The Morgan fingerprint density at radius 1 is 1.14 bits per heavy atom. The molecule has 2 unspecified atom stereocenters. The predicted octanol–water partition coefficient (Wildman–Crippen LogP) is 1.82.